The van der Waals surface area contributed by atoms with Crippen LogP contribution in [0.4, 0.5) is 0 Å². The van der Waals surface area contributed by atoms with Crippen LogP contribution in [0.2, 0.25) is 0 Å². The second-order valence-corrected chi connectivity index (χ2v) is 4.00. The number of ether oxygens (including phenoxy) is 1. The summed E-state index contributed by atoms with van der Waals surface area (Å²) in [5, 5.41) is 6.86. The highest BCUT2D eigenvalue weighted by molar-refractivity contribution is 5.55. The van der Waals surface area contributed by atoms with Crippen molar-refractivity contribution < 1.29 is 4.74 Å². The molecule has 0 atom stereocenters. The third-order valence-electron chi connectivity index (χ3n) is 2.13. The molecule has 0 aliphatic heterocycles. The molecular formula is C12H15N3O. The number of rotatable bonds is 3. The number of hydrogen-bond donors (Lipinski definition) is 1. The van der Waals surface area contributed by atoms with E-state index in [1.807, 2.05) is 38.1 Å². The van der Waals surface area contributed by atoms with Gasteiger partial charge in [0.1, 0.15) is 0 Å². The second kappa shape index (κ2) is 4.35. The zero-order valence-electron chi connectivity index (χ0n) is 9.69. The maximum absolute atomic E-state index is 5.39. The Kier molecular flexibility index (Phi) is 2.90. The maximum Gasteiger partial charge on any atom is 0.336 e. The summed E-state index contributed by atoms with van der Waals surface area (Å²) in [5.41, 5.74) is 2.23. The highest BCUT2D eigenvalue weighted by atomic mass is 16.5. The highest BCUT2D eigenvalue weighted by Crippen LogP contribution is 2.17. The van der Waals surface area contributed by atoms with Crippen LogP contribution in [-0.2, 0) is 0 Å². The molecule has 2 aromatic rings. The smallest absolute Gasteiger partial charge is 0.336 e. The van der Waals surface area contributed by atoms with Crippen molar-refractivity contribution in [1.29, 1.82) is 0 Å². The molecule has 1 aromatic heterocycles. The van der Waals surface area contributed by atoms with Gasteiger partial charge in [0.25, 0.3) is 0 Å². The lowest BCUT2D eigenvalue weighted by Gasteiger charge is -2.02. The van der Waals surface area contributed by atoms with Crippen LogP contribution in [-0.4, -0.2) is 21.3 Å². The first-order valence-electron chi connectivity index (χ1n) is 5.31. The molecule has 0 spiro atoms. The van der Waals surface area contributed by atoms with Crippen molar-refractivity contribution in [3.63, 3.8) is 0 Å². The number of nitrogens with zero attached hydrogens (tertiary/aromatic N) is 2. The number of aryl methyl sites for hydroxylation is 1. The van der Waals surface area contributed by atoms with Gasteiger partial charge in [0.2, 0.25) is 0 Å². The summed E-state index contributed by atoms with van der Waals surface area (Å²) in [7, 11) is 0. The fourth-order valence-electron chi connectivity index (χ4n) is 1.35. The average Bonchev–Trinajstić information content (AvgIpc) is 2.66. The first-order valence-corrected chi connectivity index (χ1v) is 5.31. The van der Waals surface area contributed by atoms with E-state index in [0.717, 1.165) is 11.4 Å². The van der Waals surface area contributed by atoms with Crippen molar-refractivity contribution in [3.05, 3.63) is 29.8 Å². The zero-order chi connectivity index (χ0) is 11.5. The zero-order valence-corrected chi connectivity index (χ0v) is 9.69. The number of aromatic nitrogens is 3. The Morgan fingerprint density at radius 1 is 1.19 bits per heavy atom. The number of nitrogens with one attached hydrogen (secondary N) is 1. The van der Waals surface area contributed by atoms with Crippen molar-refractivity contribution in [3.8, 4) is 17.4 Å². The van der Waals surface area contributed by atoms with Crippen LogP contribution in [0.25, 0.3) is 11.4 Å². The lowest BCUT2D eigenvalue weighted by atomic mass is 10.1. The Morgan fingerprint density at radius 3 is 2.50 bits per heavy atom. The van der Waals surface area contributed by atoms with Crippen molar-refractivity contribution >= 4 is 0 Å². The van der Waals surface area contributed by atoms with Gasteiger partial charge in [0, 0.05) is 5.56 Å². The fourth-order valence-corrected chi connectivity index (χ4v) is 1.35. The van der Waals surface area contributed by atoms with Gasteiger partial charge in [0.15, 0.2) is 5.82 Å². The maximum atomic E-state index is 5.39. The van der Waals surface area contributed by atoms with Gasteiger partial charge in [-0.05, 0) is 20.8 Å². The summed E-state index contributed by atoms with van der Waals surface area (Å²) in [4.78, 5) is 4.26. The Hall–Kier alpha value is -1.84. The molecule has 0 fully saturated rings. The third-order valence-corrected chi connectivity index (χ3v) is 2.13. The largest absolute Gasteiger partial charge is 0.460 e. The van der Waals surface area contributed by atoms with E-state index in [1.54, 1.807) is 0 Å². The topological polar surface area (TPSA) is 50.8 Å². The minimum atomic E-state index is 0.0849. The van der Waals surface area contributed by atoms with Crippen molar-refractivity contribution in [2.75, 3.05) is 0 Å². The van der Waals surface area contributed by atoms with Gasteiger partial charge < -0.3 is 4.74 Å². The van der Waals surface area contributed by atoms with E-state index in [-0.39, 0.29) is 6.10 Å². The molecule has 0 unspecified atom stereocenters. The fraction of sp³-hybridized carbons (Fsp3) is 0.333. The normalized spacial score (nSPS) is 10.8. The molecular weight excluding hydrogens is 202 g/mol. The number of H-pyrrole nitrogens is 1. The Balaban J connectivity index is 2.21. The van der Waals surface area contributed by atoms with Gasteiger partial charge in [-0.1, -0.05) is 29.8 Å². The van der Waals surface area contributed by atoms with Crippen LogP contribution in [0.5, 0.6) is 6.01 Å². The van der Waals surface area contributed by atoms with Crippen LogP contribution in [0.15, 0.2) is 24.3 Å². The van der Waals surface area contributed by atoms with E-state index in [9.17, 15) is 0 Å². The number of aromatic amines is 1. The lowest BCUT2D eigenvalue weighted by molar-refractivity contribution is 0.223. The average molecular weight is 217 g/mol. The minimum Gasteiger partial charge on any atom is -0.460 e. The molecule has 1 heterocycles. The second-order valence-electron chi connectivity index (χ2n) is 4.00. The first-order chi connectivity index (χ1) is 7.65. The summed E-state index contributed by atoms with van der Waals surface area (Å²) in [5.74, 6) is 0.732. The van der Waals surface area contributed by atoms with E-state index in [1.165, 1.54) is 5.56 Å². The van der Waals surface area contributed by atoms with Crippen molar-refractivity contribution in [1.82, 2.24) is 15.2 Å². The first kappa shape index (κ1) is 10.7. The van der Waals surface area contributed by atoms with E-state index in [2.05, 4.69) is 22.1 Å². The quantitative estimate of drug-likeness (QED) is 0.859. The van der Waals surface area contributed by atoms with Gasteiger partial charge >= 0.3 is 6.01 Å². The summed E-state index contributed by atoms with van der Waals surface area (Å²) in [6, 6.07) is 8.50. The van der Waals surface area contributed by atoms with E-state index >= 15 is 0 Å². The molecule has 4 nitrogen and oxygen atoms in total. The lowest BCUT2D eigenvalue weighted by Crippen LogP contribution is -2.06. The molecule has 1 aromatic carbocycles. The molecule has 0 saturated heterocycles. The summed E-state index contributed by atoms with van der Waals surface area (Å²) >= 11 is 0. The predicted octanol–water partition coefficient (Wildman–Crippen LogP) is 2.57. The minimum absolute atomic E-state index is 0.0849. The predicted molar refractivity (Wildman–Crippen MR) is 62.3 cm³/mol. The molecule has 0 amide bonds. The van der Waals surface area contributed by atoms with Crippen LogP contribution >= 0.6 is 0 Å². The van der Waals surface area contributed by atoms with E-state index < -0.39 is 0 Å². The molecule has 0 saturated carbocycles. The Bertz CT molecular complexity index is 459. The van der Waals surface area contributed by atoms with Gasteiger partial charge in [-0.15, -0.1) is 5.10 Å². The van der Waals surface area contributed by atoms with Crippen LogP contribution < -0.4 is 4.74 Å². The molecule has 84 valence electrons. The Morgan fingerprint density at radius 2 is 1.88 bits per heavy atom. The molecule has 0 bridgehead atoms. The molecule has 16 heavy (non-hydrogen) atoms. The summed E-state index contributed by atoms with van der Waals surface area (Å²) < 4.78 is 5.39. The van der Waals surface area contributed by atoms with Gasteiger partial charge in [0.05, 0.1) is 6.10 Å². The third kappa shape index (κ3) is 2.39. The SMILES string of the molecule is Cc1ccc(-c2nc(OC(C)C)n[nH]2)cc1. The molecule has 0 radical (unpaired) electrons. The molecule has 0 aliphatic carbocycles. The van der Waals surface area contributed by atoms with Gasteiger partial charge in [-0.25, -0.2) is 0 Å². The van der Waals surface area contributed by atoms with Gasteiger partial charge in [-0.3, -0.25) is 5.10 Å². The monoisotopic (exact) mass is 217 g/mol. The van der Waals surface area contributed by atoms with Crippen LogP contribution in [0.3, 0.4) is 0 Å². The van der Waals surface area contributed by atoms with Crippen molar-refractivity contribution in [2.45, 2.75) is 26.9 Å². The van der Waals surface area contributed by atoms with E-state index in [0.29, 0.717) is 6.01 Å². The van der Waals surface area contributed by atoms with Crippen LogP contribution in [0.1, 0.15) is 19.4 Å². The van der Waals surface area contributed by atoms with Crippen LogP contribution in [0, 0.1) is 6.92 Å². The summed E-state index contributed by atoms with van der Waals surface area (Å²) in [6.07, 6.45) is 0.0849. The number of benzene rings is 1. The Labute approximate surface area is 94.7 Å². The summed E-state index contributed by atoms with van der Waals surface area (Å²) in [6.45, 7) is 5.95. The van der Waals surface area contributed by atoms with Crippen molar-refractivity contribution in [2.24, 2.45) is 0 Å². The standard InChI is InChI=1S/C12H15N3O/c1-8(2)16-12-13-11(14-15-12)10-6-4-9(3)5-7-10/h4-8H,1-3H3,(H,13,14,15). The highest BCUT2D eigenvalue weighted by Gasteiger charge is 2.07. The van der Waals surface area contributed by atoms with E-state index in [4.69, 9.17) is 4.74 Å². The van der Waals surface area contributed by atoms with Gasteiger partial charge in [-0.2, -0.15) is 4.98 Å². The molecule has 2 rings (SSSR count). The molecule has 1 N–H and O–H groups in total. The number of hydrogen-bond acceptors (Lipinski definition) is 3. The molecule has 0 aliphatic rings. The molecule has 4 heteroatoms.